The van der Waals surface area contributed by atoms with Gasteiger partial charge < -0.3 is 10.1 Å². The largest absolute Gasteiger partial charge is 0.494 e. The molecule has 0 aliphatic heterocycles. The lowest BCUT2D eigenvalue weighted by molar-refractivity contribution is -0.116. The van der Waals surface area contributed by atoms with Crippen LogP contribution in [0.25, 0.3) is 10.6 Å². The van der Waals surface area contributed by atoms with E-state index in [1.807, 2.05) is 24.4 Å². The molecule has 2 aromatic carbocycles. The summed E-state index contributed by atoms with van der Waals surface area (Å²) < 4.78 is 32.3. The fourth-order valence-corrected chi connectivity index (χ4v) is 4.23. The van der Waals surface area contributed by atoms with Crippen LogP contribution in [-0.4, -0.2) is 32.5 Å². The van der Waals surface area contributed by atoms with Gasteiger partial charge in [-0.05, 0) is 55.5 Å². The van der Waals surface area contributed by atoms with Crippen molar-refractivity contribution in [2.24, 2.45) is 0 Å². The van der Waals surface area contributed by atoms with Gasteiger partial charge in [0.15, 0.2) is 0 Å². The van der Waals surface area contributed by atoms with Crippen molar-refractivity contribution in [3.63, 3.8) is 0 Å². The minimum Gasteiger partial charge on any atom is -0.494 e. The van der Waals surface area contributed by atoms with Gasteiger partial charge in [0.05, 0.1) is 11.5 Å². The van der Waals surface area contributed by atoms with Crippen LogP contribution in [0.15, 0.2) is 65.0 Å². The molecule has 152 valence electrons. The topological polar surface area (TPSA) is 97.4 Å². The van der Waals surface area contributed by atoms with E-state index in [1.54, 1.807) is 30.5 Å². The number of aromatic nitrogens is 1. The molecule has 0 fully saturated rings. The van der Waals surface area contributed by atoms with Crippen LogP contribution >= 0.6 is 11.3 Å². The van der Waals surface area contributed by atoms with E-state index >= 15 is 0 Å². The Morgan fingerprint density at radius 3 is 2.45 bits per heavy atom. The molecule has 1 amide bonds. The molecule has 0 unspecified atom stereocenters. The number of rotatable bonds is 9. The molecule has 1 aromatic heterocycles. The number of amides is 1. The number of nitrogens with one attached hydrogen (secondary N) is 2. The lowest BCUT2D eigenvalue weighted by Crippen LogP contribution is -2.27. The normalized spacial score (nSPS) is 11.2. The number of nitrogens with zero attached hydrogens (tertiary/aromatic N) is 1. The number of ether oxygens (including phenoxy) is 1. The van der Waals surface area contributed by atoms with E-state index < -0.39 is 10.0 Å². The molecule has 7 nitrogen and oxygen atoms in total. The Balaban J connectivity index is 1.48. The summed E-state index contributed by atoms with van der Waals surface area (Å²) in [7, 11) is -3.68. The van der Waals surface area contributed by atoms with E-state index in [2.05, 4.69) is 15.0 Å². The number of benzene rings is 2. The van der Waals surface area contributed by atoms with Gasteiger partial charge in [0, 0.05) is 35.8 Å². The van der Waals surface area contributed by atoms with Crippen LogP contribution in [0, 0.1) is 0 Å². The Kier molecular flexibility index (Phi) is 6.97. The maximum Gasteiger partial charge on any atom is 0.240 e. The van der Waals surface area contributed by atoms with E-state index in [4.69, 9.17) is 4.74 Å². The number of sulfonamides is 1. The highest BCUT2D eigenvalue weighted by molar-refractivity contribution is 7.89. The summed E-state index contributed by atoms with van der Waals surface area (Å²) in [5, 5.41) is 5.57. The lowest BCUT2D eigenvalue weighted by Gasteiger charge is -2.09. The van der Waals surface area contributed by atoms with Crippen molar-refractivity contribution in [1.29, 1.82) is 0 Å². The van der Waals surface area contributed by atoms with Crippen molar-refractivity contribution < 1.29 is 17.9 Å². The Morgan fingerprint density at radius 1 is 1.10 bits per heavy atom. The van der Waals surface area contributed by atoms with Crippen LogP contribution in [0.1, 0.15) is 13.3 Å². The van der Waals surface area contributed by atoms with Crippen molar-refractivity contribution in [2.45, 2.75) is 18.2 Å². The van der Waals surface area contributed by atoms with Crippen molar-refractivity contribution in [3.05, 3.63) is 60.1 Å². The van der Waals surface area contributed by atoms with Gasteiger partial charge in [0.1, 0.15) is 10.8 Å². The second-order valence-corrected chi connectivity index (χ2v) is 8.68. The second-order valence-electron chi connectivity index (χ2n) is 6.01. The van der Waals surface area contributed by atoms with Gasteiger partial charge in [-0.1, -0.05) is 0 Å². The molecule has 1 heterocycles. The van der Waals surface area contributed by atoms with Crippen LogP contribution in [0.5, 0.6) is 5.75 Å². The summed E-state index contributed by atoms with van der Waals surface area (Å²) in [6.45, 7) is 2.36. The first-order valence-electron chi connectivity index (χ1n) is 9.00. The van der Waals surface area contributed by atoms with Crippen LogP contribution < -0.4 is 14.8 Å². The number of carbonyl (C=O) groups excluding carboxylic acids is 1. The molecule has 0 aliphatic carbocycles. The fourth-order valence-electron chi connectivity index (χ4n) is 2.55. The van der Waals surface area contributed by atoms with Crippen LogP contribution in [-0.2, 0) is 14.8 Å². The van der Waals surface area contributed by atoms with Gasteiger partial charge >= 0.3 is 0 Å². The fraction of sp³-hybridized carbons (Fsp3) is 0.200. The Hall–Kier alpha value is -2.75. The Morgan fingerprint density at radius 2 is 1.83 bits per heavy atom. The molecule has 0 radical (unpaired) electrons. The van der Waals surface area contributed by atoms with E-state index in [-0.39, 0.29) is 23.8 Å². The highest BCUT2D eigenvalue weighted by atomic mass is 32.2. The predicted molar refractivity (Wildman–Crippen MR) is 114 cm³/mol. The summed E-state index contributed by atoms with van der Waals surface area (Å²) >= 11 is 1.54. The van der Waals surface area contributed by atoms with Crippen molar-refractivity contribution in [1.82, 2.24) is 9.71 Å². The van der Waals surface area contributed by atoms with E-state index in [9.17, 15) is 13.2 Å². The number of anilines is 1. The average Bonchev–Trinajstić information content (AvgIpc) is 3.24. The van der Waals surface area contributed by atoms with Gasteiger partial charge in [0.25, 0.3) is 0 Å². The van der Waals surface area contributed by atoms with Gasteiger partial charge in [-0.25, -0.2) is 18.1 Å². The smallest absolute Gasteiger partial charge is 0.240 e. The molecule has 29 heavy (non-hydrogen) atoms. The van der Waals surface area contributed by atoms with Crippen LogP contribution in [0.4, 0.5) is 5.69 Å². The molecule has 0 saturated carbocycles. The highest BCUT2D eigenvalue weighted by Gasteiger charge is 2.14. The number of carbonyl (C=O) groups is 1. The SMILES string of the molecule is CCOc1ccc(S(=O)(=O)NCCC(=O)Nc2ccc(-c3nccs3)cc2)cc1. The summed E-state index contributed by atoms with van der Waals surface area (Å²) in [5.41, 5.74) is 1.62. The summed E-state index contributed by atoms with van der Waals surface area (Å²) in [6.07, 6.45) is 1.76. The predicted octanol–water partition coefficient (Wildman–Crippen LogP) is 3.52. The zero-order chi connectivity index (χ0) is 20.7. The number of hydrogen-bond donors (Lipinski definition) is 2. The van der Waals surface area contributed by atoms with Crippen molar-refractivity contribution >= 4 is 33.0 Å². The van der Waals surface area contributed by atoms with Gasteiger partial charge in [-0.2, -0.15) is 0 Å². The molecule has 3 aromatic rings. The Labute approximate surface area is 173 Å². The van der Waals surface area contributed by atoms with Gasteiger partial charge in [-0.3, -0.25) is 4.79 Å². The molecule has 9 heteroatoms. The number of thiazole rings is 1. The average molecular weight is 432 g/mol. The second kappa shape index (κ2) is 9.64. The third kappa shape index (κ3) is 5.86. The summed E-state index contributed by atoms with van der Waals surface area (Å²) in [4.78, 5) is 16.5. The number of hydrogen-bond acceptors (Lipinski definition) is 6. The van der Waals surface area contributed by atoms with Crippen LogP contribution in [0.2, 0.25) is 0 Å². The zero-order valence-electron chi connectivity index (χ0n) is 15.8. The first-order valence-corrected chi connectivity index (χ1v) is 11.4. The van der Waals surface area contributed by atoms with E-state index in [1.165, 1.54) is 23.5 Å². The quantitative estimate of drug-likeness (QED) is 0.540. The molecule has 0 spiro atoms. The maximum atomic E-state index is 12.3. The third-order valence-corrected chi connectivity index (χ3v) is 6.24. The Bertz CT molecular complexity index is 1030. The molecule has 3 rings (SSSR count). The van der Waals surface area contributed by atoms with Crippen molar-refractivity contribution in [2.75, 3.05) is 18.5 Å². The minimum absolute atomic E-state index is 0.00141. The molecule has 0 atom stereocenters. The first kappa shape index (κ1) is 21.0. The molecule has 0 bridgehead atoms. The molecular formula is C20H21N3O4S2. The van der Waals surface area contributed by atoms with Crippen LogP contribution in [0.3, 0.4) is 0 Å². The van der Waals surface area contributed by atoms with Crippen molar-refractivity contribution in [3.8, 4) is 16.3 Å². The zero-order valence-corrected chi connectivity index (χ0v) is 17.4. The molecule has 0 saturated heterocycles. The van der Waals surface area contributed by atoms with Gasteiger partial charge in [0.2, 0.25) is 15.9 Å². The monoisotopic (exact) mass is 431 g/mol. The van der Waals surface area contributed by atoms with E-state index in [0.29, 0.717) is 18.0 Å². The third-order valence-electron chi connectivity index (χ3n) is 3.94. The van der Waals surface area contributed by atoms with E-state index in [0.717, 1.165) is 10.6 Å². The summed E-state index contributed by atoms with van der Waals surface area (Å²) in [5.74, 6) is 0.327. The molecular weight excluding hydrogens is 410 g/mol. The maximum absolute atomic E-state index is 12.3. The minimum atomic E-state index is -3.68. The van der Waals surface area contributed by atoms with Gasteiger partial charge in [-0.15, -0.1) is 11.3 Å². The standard InChI is InChI=1S/C20H21N3O4S2/c1-2-27-17-7-9-18(10-8-17)29(25,26)22-12-11-19(24)23-16-5-3-15(4-6-16)20-21-13-14-28-20/h3-10,13-14,22H,2,11-12H2,1H3,(H,23,24). The molecule has 0 aliphatic rings. The first-order chi connectivity index (χ1) is 14.0. The lowest BCUT2D eigenvalue weighted by atomic mass is 10.2. The molecule has 2 N–H and O–H groups in total. The summed E-state index contributed by atoms with van der Waals surface area (Å²) in [6, 6.07) is 13.5. The highest BCUT2D eigenvalue weighted by Crippen LogP contribution is 2.23.